The smallest absolute Gasteiger partial charge is 0.0504 e. The number of likely N-dealkylation sites (N-methyl/N-ethyl adjacent to an activating group) is 1. The van der Waals surface area contributed by atoms with Crippen LogP contribution in [0.25, 0.3) is 0 Å². The van der Waals surface area contributed by atoms with Crippen LogP contribution >= 0.6 is 11.6 Å². The van der Waals surface area contributed by atoms with Crippen molar-refractivity contribution in [2.24, 2.45) is 0 Å². The second kappa shape index (κ2) is 7.28. The summed E-state index contributed by atoms with van der Waals surface area (Å²) in [5, 5.41) is 4.49. The van der Waals surface area contributed by atoms with Crippen molar-refractivity contribution in [1.82, 2.24) is 10.2 Å². The normalized spacial score (nSPS) is 16.4. The summed E-state index contributed by atoms with van der Waals surface area (Å²) in [4.78, 5) is 2.31. The van der Waals surface area contributed by atoms with Gasteiger partial charge in [-0.25, -0.2) is 0 Å². The maximum atomic E-state index is 6.00. The molecule has 0 aromatic heterocycles. The Kier molecular flexibility index (Phi) is 6.31. The first-order valence-corrected chi connectivity index (χ1v) is 7.49. The van der Waals surface area contributed by atoms with Crippen molar-refractivity contribution >= 4 is 11.6 Å². The lowest BCUT2D eigenvalue weighted by Crippen LogP contribution is -2.51. The lowest BCUT2D eigenvalue weighted by Gasteiger charge is -2.43. The van der Waals surface area contributed by atoms with Gasteiger partial charge in [0.25, 0.3) is 0 Å². The predicted molar refractivity (Wildman–Crippen MR) is 84.9 cm³/mol. The van der Waals surface area contributed by atoms with Gasteiger partial charge in [0.2, 0.25) is 0 Å². The third-order valence-electron chi connectivity index (χ3n) is 4.16. The Morgan fingerprint density at radius 2 is 1.79 bits per heavy atom. The van der Waals surface area contributed by atoms with E-state index in [0.717, 1.165) is 24.4 Å². The van der Waals surface area contributed by atoms with Gasteiger partial charge in [0, 0.05) is 10.6 Å². The number of benzene rings is 1. The van der Waals surface area contributed by atoms with Gasteiger partial charge in [-0.15, -0.1) is 0 Å². The van der Waals surface area contributed by atoms with Crippen LogP contribution in [0, 0.1) is 0 Å². The molecule has 0 aliphatic carbocycles. The lowest BCUT2D eigenvalue weighted by molar-refractivity contribution is 0.113. The highest BCUT2D eigenvalue weighted by atomic mass is 35.5. The highest BCUT2D eigenvalue weighted by Crippen LogP contribution is 2.33. The van der Waals surface area contributed by atoms with E-state index in [0.29, 0.717) is 6.04 Å². The van der Waals surface area contributed by atoms with E-state index in [4.69, 9.17) is 11.6 Å². The number of nitrogens with zero attached hydrogens (tertiary/aromatic N) is 1. The van der Waals surface area contributed by atoms with E-state index >= 15 is 0 Å². The molecule has 2 atom stereocenters. The number of hydrogen-bond donors (Lipinski definition) is 1. The molecule has 2 unspecified atom stereocenters. The minimum atomic E-state index is 0.0863. The molecule has 2 nitrogen and oxygen atoms in total. The van der Waals surface area contributed by atoms with E-state index in [2.05, 4.69) is 57.2 Å². The molecule has 0 saturated heterocycles. The van der Waals surface area contributed by atoms with E-state index in [-0.39, 0.29) is 5.54 Å². The number of halogens is 1. The highest BCUT2D eigenvalue weighted by molar-refractivity contribution is 6.30. The molecule has 0 aliphatic rings. The van der Waals surface area contributed by atoms with E-state index in [1.807, 2.05) is 12.1 Å². The summed E-state index contributed by atoms with van der Waals surface area (Å²) in [7, 11) is 4.31. The van der Waals surface area contributed by atoms with E-state index in [1.165, 1.54) is 5.56 Å². The molecule has 19 heavy (non-hydrogen) atoms. The minimum Gasteiger partial charge on any atom is -0.308 e. The first-order valence-electron chi connectivity index (χ1n) is 7.12. The zero-order valence-electron chi connectivity index (χ0n) is 12.8. The Morgan fingerprint density at radius 3 is 2.21 bits per heavy atom. The van der Waals surface area contributed by atoms with E-state index in [9.17, 15) is 0 Å². The molecule has 108 valence electrons. The fourth-order valence-electron chi connectivity index (χ4n) is 2.42. The molecule has 1 aromatic rings. The quantitative estimate of drug-likeness (QED) is 0.810. The second-order valence-corrected chi connectivity index (χ2v) is 5.98. The minimum absolute atomic E-state index is 0.0863. The second-order valence-electron chi connectivity index (χ2n) is 5.54. The number of nitrogens with one attached hydrogen (secondary N) is 1. The van der Waals surface area contributed by atoms with Crippen molar-refractivity contribution in [3.05, 3.63) is 34.9 Å². The monoisotopic (exact) mass is 282 g/mol. The topological polar surface area (TPSA) is 15.3 Å². The van der Waals surface area contributed by atoms with Gasteiger partial charge in [-0.2, -0.15) is 0 Å². The first-order chi connectivity index (χ1) is 8.95. The average Bonchev–Trinajstić information content (AvgIpc) is 2.40. The van der Waals surface area contributed by atoms with Crippen LogP contribution < -0.4 is 5.32 Å². The van der Waals surface area contributed by atoms with Crippen molar-refractivity contribution in [3.63, 3.8) is 0 Å². The van der Waals surface area contributed by atoms with Crippen LogP contribution in [0.15, 0.2) is 24.3 Å². The lowest BCUT2D eigenvalue weighted by atomic mass is 9.83. The number of rotatable bonds is 7. The van der Waals surface area contributed by atoms with Gasteiger partial charge in [0.15, 0.2) is 0 Å². The van der Waals surface area contributed by atoms with Gasteiger partial charge < -0.3 is 10.2 Å². The summed E-state index contributed by atoms with van der Waals surface area (Å²) < 4.78 is 0. The molecule has 0 aliphatic heterocycles. The van der Waals surface area contributed by atoms with Crippen molar-refractivity contribution in [2.75, 3.05) is 20.6 Å². The molecule has 1 N–H and O–H groups in total. The van der Waals surface area contributed by atoms with E-state index < -0.39 is 0 Å². The predicted octanol–water partition coefficient (Wildman–Crippen LogP) is 4.11. The molecule has 0 fully saturated rings. The van der Waals surface area contributed by atoms with Gasteiger partial charge >= 0.3 is 0 Å². The van der Waals surface area contributed by atoms with Crippen LogP contribution in [0.2, 0.25) is 5.02 Å². The van der Waals surface area contributed by atoms with Crippen LogP contribution in [-0.4, -0.2) is 31.1 Å². The van der Waals surface area contributed by atoms with Gasteiger partial charge in [-0.1, -0.05) is 37.6 Å². The molecule has 1 aromatic carbocycles. The summed E-state index contributed by atoms with van der Waals surface area (Å²) in [6.45, 7) is 7.78. The van der Waals surface area contributed by atoms with Crippen LogP contribution in [0.1, 0.15) is 45.2 Å². The summed E-state index contributed by atoms with van der Waals surface area (Å²) in [6, 6.07) is 8.52. The van der Waals surface area contributed by atoms with Crippen molar-refractivity contribution in [1.29, 1.82) is 0 Å². The SMILES string of the molecule is CCCNC(c1ccc(Cl)cc1)C(C)(CC)N(C)C. The van der Waals surface area contributed by atoms with Gasteiger partial charge in [-0.3, -0.25) is 0 Å². The van der Waals surface area contributed by atoms with Gasteiger partial charge in [0.1, 0.15) is 0 Å². The highest BCUT2D eigenvalue weighted by Gasteiger charge is 2.35. The fourth-order valence-corrected chi connectivity index (χ4v) is 2.55. The Labute approximate surface area is 123 Å². The molecule has 1 rings (SSSR count). The molecule has 0 radical (unpaired) electrons. The Balaban J connectivity index is 3.09. The summed E-state index contributed by atoms with van der Waals surface area (Å²) in [5.74, 6) is 0. The van der Waals surface area contributed by atoms with E-state index in [1.54, 1.807) is 0 Å². The maximum absolute atomic E-state index is 6.00. The van der Waals surface area contributed by atoms with Gasteiger partial charge in [-0.05, 0) is 58.1 Å². The zero-order chi connectivity index (χ0) is 14.5. The third-order valence-corrected chi connectivity index (χ3v) is 4.41. The largest absolute Gasteiger partial charge is 0.308 e. The molecule has 0 amide bonds. The summed E-state index contributed by atoms with van der Waals surface area (Å²) in [6.07, 6.45) is 2.22. The summed E-state index contributed by atoms with van der Waals surface area (Å²) in [5.41, 5.74) is 1.39. The Morgan fingerprint density at radius 1 is 1.21 bits per heavy atom. The summed E-state index contributed by atoms with van der Waals surface area (Å²) >= 11 is 6.00. The van der Waals surface area contributed by atoms with Crippen molar-refractivity contribution < 1.29 is 0 Å². The maximum Gasteiger partial charge on any atom is 0.0504 e. The third kappa shape index (κ3) is 3.95. The van der Waals surface area contributed by atoms with Gasteiger partial charge in [0.05, 0.1) is 6.04 Å². The molecule has 0 saturated carbocycles. The Bertz CT molecular complexity index is 375. The van der Waals surface area contributed by atoms with Crippen LogP contribution in [0.3, 0.4) is 0 Å². The molecule has 0 bridgehead atoms. The zero-order valence-corrected chi connectivity index (χ0v) is 13.6. The van der Waals surface area contributed by atoms with Crippen molar-refractivity contribution in [3.8, 4) is 0 Å². The average molecular weight is 283 g/mol. The molecule has 0 spiro atoms. The first kappa shape index (κ1) is 16.5. The Hall–Kier alpha value is -0.570. The molecular formula is C16H27ClN2. The van der Waals surface area contributed by atoms with Crippen molar-refractivity contribution in [2.45, 2.75) is 45.2 Å². The molecule has 3 heteroatoms. The molecule has 0 heterocycles. The van der Waals surface area contributed by atoms with Crippen LogP contribution in [0.4, 0.5) is 0 Å². The van der Waals surface area contributed by atoms with Crippen LogP contribution in [-0.2, 0) is 0 Å². The fraction of sp³-hybridized carbons (Fsp3) is 0.625. The van der Waals surface area contributed by atoms with Crippen LogP contribution in [0.5, 0.6) is 0 Å². The standard InChI is InChI=1S/C16H27ClN2/c1-6-12-18-15(16(3,7-2)19(4)5)13-8-10-14(17)11-9-13/h8-11,15,18H,6-7,12H2,1-5H3. The number of hydrogen-bond acceptors (Lipinski definition) is 2. The molecular weight excluding hydrogens is 256 g/mol.